The number of hydrogen-bond donors (Lipinski definition) is 0. The van der Waals surface area contributed by atoms with E-state index < -0.39 is 0 Å². The predicted molar refractivity (Wildman–Crippen MR) is 90.5 cm³/mol. The number of aryl methyl sites for hydroxylation is 1. The van der Waals surface area contributed by atoms with Crippen LogP contribution in [0.25, 0.3) is 0 Å². The Bertz CT molecular complexity index is 647. The Labute approximate surface area is 158 Å². The van der Waals surface area contributed by atoms with Crippen molar-refractivity contribution >= 4 is 40.1 Å². The molecule has 0 unspecified atom stereocenters. The van der Waals surface area contributed by atoms with Gasteiger partial charge in [-0.1, -0.05) is 49.0 Å². The summed E-state index contributed by atoms with van der Waals surface area (Å²) in [5.74, 6) is 0. The summed E-state index contributed by atoms with van der Waals surface area (Å²) in [7, 11) is 0. The zero-order valence-corrected chi connectivity index (χ0v) is 15.5. The second-order valence-corrected chi connectivity index (χ2v) is 4.73. The van der Waals surface area contributed by atoms with E-state index in [1.165, 1.54) is 0 Å². The number of para-hydroxylation sites is 2. The summed E-state index contributed by atoms with van der Waals surface area (Å²) in [5, 5.41) is 0. The van der Waals surface area contributed by atoms with Crippen molar-refractivity contribution in [2.45, 2.75) is 6.92 Å². The van der Waals surface area contributed by atoms with Gasteiger partial charge >= 0.3 is 23.1 Å². The molecule has 3 heteroatoms. The van der Waals surface area contributed by atoms with Crippen LogP contribution in [0.3, 0.4) is 0 Å². The van der Waals surface area contributed by atoms with E-state index in [1.807, 2.05) is 12.1 Å². The third-order valence-electron chi connectivity index (χ3n) is 3.20. The molecule has 3 aromatic carbocycles. The molecule has 0 radical (unpaired) electrons. The minimum Gasteiger partial charge on any atom is -1.00 e. The van der Waals surface area contributed by atoms with Gasteiger partial charge in [0, 0.05) is 11.4 Å². The van der Waals surface area contributed by atoms with E-state index >= 15 is 0 Å². The molecule has 0 N–H and O–H groups in total. The van der Waals surface area contributed by atoms with Crippen molar-refractivity contribution in [3.8, 4) is 0 Å². The van der Waals surface area contributed by atoms with Gasteiger partial charge in [0.15, 0.2) is 0 Å². The molecule has 0 aliphatic heterocycles. The van der Waals surface area contributed by atoms with Crippen molar-refractivity contribution < 1.29 is 17.0 Å². The summed E-state index contributed by atoms with van der Waals surface area (Å²) < 4.78 is 0. The second kappa shape index (κ2) is 8.98. The zero-order chi connectivity index (χ0) is 13.8. The van der Waals surface area contributed by atoms with Crippen LogP contribution in [0, 0.1) is 13.0 Å². The average molecular weight is 363 g/mol. The fourth-order valence-corrected chi connectivity index (χ4v) is 2.28. The molecule has 0 bridgehead atoms. The number of hydrogen-bond acceptors (Lipinski definition) is 1. The Hall–Kier alpha value is -1.29. The summed E-state index contributed by atoms with van der Waals surface area (Å²) in [5.41, 5.74) is 4.47. The maximum atomic E-state index is 3.43. The normalized spacial score (nSPS) is 9.32. The van der Waals surface area contributed by atoms with E-state index in [0.717, 1.165) is 22.6 Å². The zero-order valence-electron chi connectivity index (χ0n) is 12.5. The topological polar surface area (TPSA) is 3.24 Å². The van der Waals surface area contributed by atoms with E-state index in [1.54, 1.807) is 0 Å². The standard InChI is InChI=1S/C19H16N.BrH.Mg/c1-16-9-8-14-19(15-16)20(17-10-4-2-5-11-17)18-12-6-3-7-13-18;;/h2-14H,1H3;1H;/q-1;;+2/p-1. The fraction of sp³-hybridized carbons (Fsp3) is 0.0526. The quantitative estimate of drug-likeness (QED) is 0.508. The smallest absolute Gasteiger partial charge is 1.00 e. The van der Waals surface area contributed by atoms with Gasteiger partial charge < -0.3 is 21.9 Å². The van der Waals surface area contributed by atoms with Crippen molar-refractivity contribution in [3.63, 3.8) is 0 Å². The largest absolute Gasteiger partial charge is 2.00 e. The van der Waals surface area contributed by atoms with Gasteiger partial charge in [-0.25, -0.2) is 0 Å². The molecule has 3 rings (SSSR count). The molecule has 0 atom stereocenters. The molecule has 0 aliphatic carbocycles. The first-order valence-corrected chi connectivity index (χ1v) is 6.74. The van der Waals surface area contributed by atoms with Crippen LogP contribution in [0.1, 0.15) is 5.56 Å². The Balaban J connectivity index is 0.00000121. The van der Waals surface area contributed by atoms with Crippen LogP contribution < -0.4 is 21.9 Å². The Kier molecular flexibility index (Phi) is 7.66. The van der Waals surface area contributed by atoms with Crippen LogP contribution in [0.2, 0.25) is 0 Å². The van der Waals surface area contributed by atoms with Gasteiger partial charge in [-0.15, -0.1) is 6.07 Å². The molecule has 0 amide bonds. The number of anilines is 3. The summed E-state index contributed by atoms with van der Waals surface area (Å²) in [6, 6.07) is 30.4. The average Bonchev–Trinajstić information content (AvgIpc) is 2.50. The number of nitrogens with zero attached hydrogens (tertiary/aromatic N) is 1. The molecule has 1 nitrogen and oxygen atoms in total. The first-order chi connectivity index (χ1) is 9.84. The summed E-state index contributed by atoms with van der Waals surface area (Å²) in [4.78, 5) is 2.22. The Morgan fingerprint density at radius 3 is 1.64 bits per heavy atom. The van der Waals surface area contributed by atoms with E-state index in [4.69, 9.17) is 0 Å². The first kappa shape index (κ1) is 18.8. The second-order valence-electron chi connectivity index (χ2n) is 4.73. The van der Waals surface area contributed by atoms with Crippen molar-refractivity contribution in [1.82, 2.24) is 0 Å². The minimum absolute atomic E-state index is 0. The van der Waals surface area contributed by atoms with Crippen LogP contribution in [0.15, 0.2) is 78.9 Å². The predicted octanol–water partition coefficient (Wildman–Crippen LogP) is 1.89. The minimum atomic E-state index is 0. The third-order valence-corrected chi connectivity index (χ3v) is 3.20. The maximum absolute atomic E-state index is 3.43. The monoisotopic (exact) mass is 361 g/mol. The Morgan fingerprint density at radius 2 is 1.18 bits per heavy atom. The van der Waals surface area contributed by atoms with E-state index in [2.05, 4.69) is 84.6 Å². The van der Waals surface area contributed by atoms with Crippen LogP contribution in [0.5, 0.6) is 0 Å². The molecule has 0 heterocycles. The number of halogens is 1. The van der Waals surface area contributed by atoms with E-state index in [9.17, 15) is 0 Å². The van der Waals surface area contributed by atoms with Crippen molar-refractivity contribution in [2.24, 2.45) is 0 Å². The molecule has 0 spiro atoms. The molecule has 0 aromatic heterocycles. The number of rotatable bonds is 3. The van der Waals surface area contributed by atoms with Crippen molar-refractivity contribution in [1.29, 1.82) is 0 Å². The van der Waals surface area contributed by atoms with Gasteiger partial charge in [-0.3, -0.25) is 0 Å². The van der Waals surface area contributed by atoms with Crippen LogP contribution in [-0.2, 0) is 0 Å². The molecule has 22 heavy (non-hydrogen) atoms. The van der Waals surface area contributed by atoms with Crippen molar-refractivity contribution in [2.75, 3.05) is 4.90 Å². The van der Waals surface area contributed by atoms with Gasteiger partial charge in [0.1, 0.15) is 0 Å². The molecule has 106 valence electrons. The molecular formula is C19H16BrMgN. The third kappa shape index (κ3) is 4.35. The van der Waals surface area contributed by atoms with Gasteiger partial charge in [0.25, 0.3) is 0 Å². The van der Waals surface area contributed by atoms with Crippen LogP contribution in [-0.4, -0.2) is 23.1 Å². The maximum Gasteiger partial charge on any atom is 2.00 e. The fourth-order valence-electron chi connectivity index (χ4n) is 2.28. The van der Waals surface area contributed by atoms with Gasteiger partial charge in [-0.2, -0.15) is 23.8 Å². The summed E-state index contributed by atoms with van der Waals surface area (Å²) in [6.07, 6.45) is 0. The first-order valence-electron chi connectivity index (χ1n) is 6.74. The molecule has 3 aromatic rings. The number of benzene rings is 3. The van der Waals surface area contributed by atoms with Gasteiger partial charge in [0.2, 0.25) is 0 Å². The van der Waals surface area contributed by atoms with Gasteiger partial charge in [0.05, 0.1) is 0 Å². The molecule has 0 saturated carbocycles. The Morgan fingerprint density at radius 1 is 0.682 bits per heavy atom. The molecule has 0 saturated heterocycles. The molecule has 0 fully saturated rings. The van der Waals surface area contributed by atoms with Crippen LogP contribution >= 0.6 is 0 Å². The SMILES string of the molecule is Cc1[c-]c(N(c2ccccc2)c2ccccc2)ccc1.[Br-].[Mg+2]. The molecular weight excluding hydrogens is 346 g/mol. The summed E-state index contributed by atoms with van der Waals surface area (Å²) >= 11 is 0. The van der Waals surface area contributed by atoms with E-state index in [0.29, 0.717) is 0 Å². The van der Waals surface area contributed by atoms with Crippen LogP contribution in [0.4, 0.5) is 17.1 Å². The van der Waals surface area contributed by atoms with Gasteiger partial charge in [-0.05, 0) is 24.3 Å². The van der Waals surface area contributed by atoms with E-state index in [-0.39, 0.29) is 40.0 Å². The van der Waals surface area contributed by atoms with Crippen molar-refractivity contribution in [3.05, 3.63) is 90.5 Å². The molecule has 0 aliphatic rings. The summed E-state index contributed by atoms with van der Waals surface area (Å²) in [6.45, 7) is 2.07.